The molecule has 0 spiro atoms. The lowest BCUT2D eigenvalue weighted by Crippen LogP contribution is -2.33. The summed E-state index contributed by atoms with van der Waals surface area (Å²) in [5.41, 5.74) is -0.723. The van der Waals surface area contributed by atoms with Gasteiger partial charge in [0.1, 0.15) is 0 Å². The maximum Gasteiger partial charge on any atom is 0.312 e. The number of hydrogen-bond donors (Lipinski definition) is 1. The molecule has 0 aliphatic carbocycles. The van der Waals surface area contributed by atoms with Crippen molar-refractivity contribution in [3.63, 3.8) is 0 Å². The van der Waals surface area contributed by atoms with Crippen LogP contribution in [0, 0.1) is 12.3 Å². The third kappa shape index (κ3) is 2.03. The Hall–Kier alpha value is -0.940. The van der Waals surface area contributed by atoms with E-state index in [0.717, 1.165) is 9.88 Å². The number of thiazole rings is 1. The van der Waals surface area contributed by atoms with Crippen LogP contribution >= 0.6 is 11.3 Å². The van der Waals surface area contributed by atoms with Crippen LogP contribution in [-0.2, 0) is 16.0 Å². The maximum absolute atomic E-state index is 11.2. The van der Waals surface area contributed by atoms with Gasteiger partial charge >= 0.3 is 5.97 Å². The topological polar surface area (TPSA) is 59.4 Å². The van der Waals surface area contributed by atoms with E-state index in [0.29, 0.717) is 26.1 Å². The van der Waals surface area contributed by atoms with Crippen molar-refractivity contribution >= 4 is 17.3 Å². The van der Waals surface area contributed by atoms with Crippen molar-refractivity contribution in [3.8, 4) is 0 Å². The van der Waals surface area contributed by atoms with Gasteiger partial charge in [0.25, 0.3) is 0 Å². The summed E-state index contributed by atoms with van der Waals surface area (Å²) < 4.78 is 5.20. The molecule has 1 aliphatic heterocycles. The van der Waals surface area contributed by atoms with Crippen molar-refractivity contribution in [2.45, 2.75) is 19.8 Å². The molecule has 1 saturated heterocycles. The monoisotopic (exact) mass is 227 g/mol. The molecule has 0 aromatic carbocycles. The number of aryl methyl sites for hydroxylation is 1. The van der Waals surface area contributed by atoms with Crippen molar-refractivity contribution in [1.82, 2.24) is 4.98 Å². The lowest BCUT2D eigenvalue weighted by Gasteiger charge is -2.20. The maximum atomic E-state index is 11.2. The van der Waals surface area contributed by atoms with Gasteiger partial charge in [-0.1, -0.05) is 0 Å². The molecule has 1 fully saturated rings. The summed E-state index contributed by atoms with van der Waals surface area (Å²) in [6, 6.07) is 0. The molecule has 2 heterocycles. The van der Waals surface area contributed by atoms with E-state index in [-0.39, 0.29) is 0 Å². The second-order valence-electron chi connectivity index (χ2n) is 3.91. The Morgan fingerprint density at radius 2 is 2.60 bits per heavy atom. The zero-order valence-corrected chi connectivity index (χ0v) is 9.34. The smallest absolute Gasteiger partial charge is 0.312 e. The number of hydrogen-bond acceptors (Lipinski definition) is 4. The van der Waals surface area contributed by atoms with Crippen LogP contribution in [0.1, 0.15) is 16.3 Å². The Kier molecular flexibility index (Phi) is 2.75. The minimum atomic E-state index is -0.758. The highest BCUT2D eigenvalue weighted by Crippen LogP contribution is 2.34. The van der Waals surface area contributed by atoms with Gasteiger partial charge in [0.05, 0.1) is 17.0 Å². The fourth-order valence-electron chi connectivity index (χ4n) is 1.81. The number of aliphatic carboxylic acids is 1. The fourth-order valence-corrected chi connectivity index (χ4v) is 2.75. The second-order valence-corrected chi connectivity index (χ2v) is 5.23. The van der Waals surface area contributed by atoms with Gasteiger partial charge in [-0.3, -0.25) is 4.79 Å². The Labute approximate surface area is 91.9 Å². The Balaban J connectivity index is 2.17. The average molecular weight is 227 g/mol. The van der Waals surface area contributed by atoms with Gasteiger partial charge in [0, 0.05) is 24.1 Å². The molecular weight excluding hydrogens is 214 g/mol. The number of carboxylic acids is 1. The Morgan fingerprint density at radius 1 is 1.80 bits per heavy atom. The van der Waals surface area contributed by atoms with E-state index in [9.17, 15) is 9.90 Å². The lowest BCUT2D eigenvalue weighted by molar-refractivity contribution is -0.148. The quantitative estimate of drug-likeness (QED) is 0.849. The van der Waals surface area contributed by atoms with Gasteiger partial charge in [0.15, 0.2) is 0 Å². The van der Waals surface area contributed by atoms with E-state index in [1.807, 2.05) is 6.92 Å². The zero-order valence-electron chi connectivity index (χ0n) is 8.52. The average Bonchev–Trinajstić information content (AvgIpc) is 2.77. The van der Waals surface area contributed by atoms with Crippen LogP contribution in [-0.4, -0.2) is 29.3 Å². The summed E-state index contributed by atoms with van der Waals surface area (Å²) in [7, 11) is 0. The summed E-state index contributed by atoms with van der Waals surface area (Å²) in [6.07, 6.45) is 2.90. The largest absolute Gasteiger partial charge is 0.481 e. The third-order valence-corrected chi connectivity index (χ3v) is 3.65. The van der Waals surface area contributed by atoms with Gasteiger partial charge in [-0.2, -0.15) is 0 Å². The van der Waals surface area contributed by atoms with Crippen LogP contribution in [0.5, 0.6) is 0 Å². The third-order valence-electron chi connectivity index (χ3n) is 2.74. The molecule has 1 aromatic rings. The SMILES string of the molecule is Cc1ncc(CC2(C(=O)O)CCOC2)s1. The van der Waals surface area contributed by atoms with E-state index in [4.69, 9.17) is 4.74 Å². The molecule has 0 radical (unpaired) electrons. The number of carboxylic acid groups (broad SMARTS) is 1. The van der Waals surface area contributed by atoms with Crippen molar-refractivity contribution in [2.24, 2.45) is 5.41 Å². The normalized spacial score (nSPS) is 25.7. The minimum Gasteiger partial charge on any atom is -0.481 e. The standard InChI is InChI=1S/C10H13NO3S/c1-7-11-5-8(15-7)4-10(9(12)13)2-3-14-6-10/h5H,2-4,6H2,1H3,(H,12,13). The van der Waals surface area contributed by atoms with Crippen LogP contribution in [0.2, 0.25) is 0 Å². The molecule has 5 heteroatoms. The van der Waals surface area contributed by atoms with Crippen LogP contribution < -0.4 is 0 Å². The molecule has 1 aromatic heterocycles. The van der Waals surface area contributed by atoms with Crippen molar-refractivity contribution in [3.05, 3.63) is 16.1 Å². The summed E-state index contributed by atoms with van der Waals surface area (Å²) in [6.45, 7) is 2.79. The first-order chi connectivity index (χ1) is 7.12. The van der Waals surface area contributed by atoms with Gasteiger partial charge in [-0.05, 0) is 13.3 Å². The van der Waals surface area contributed by atoms with Gasteiger partial charge in [0.2, 0.25) is 0 Å². The van der Waals surface area contributed by atoms with Crippen LogP contribution in [0.15, 0.2) is 6.20 Å². The molecule has 82 valence electrons. The lowest BCUT2D eigenvalue weighted by atomic mass is 9.83. The van der Waals surface area contributed by atoms with Crippen LogP contribution in [0.3, 0.4) is 0 Å². The van der Waals surface area contributed by atoms with Crippen molar-refractivity contribution in [2.75, 3.05) is 13.2 Å². The Morgan fingerprint density at radius 3 is 3.07 bits per heavy atom. The highest BCUT2D eigenvalue weighted by Gasteiger charge is 2.42. The van der Waals surface area contributed by atoms with E-state index >= 15 is 0 Å². The predicted octanol–water partition coefficient (Wildman–Crippen LogP) is 1.49. The van der Waals surface area contributed by atoms with Crippen LogP contribution in [0.25, 0.3) is 0 Å². The number of ether oxygens (including phenoxy) is 1. The summed E-state index contributed by atoms with van der Waals surface area (Å²) in [5.74, 6) is -0.758. The molecule has 1 aliphatic rings. The minimum absolute atomic E-state index is 0.319. The molecule has 15 heavy (non-hydrogen) atoms. The van der Waals surface area contributed by atoms with Gasteiger partial charge in [-0.15, -0.1) is 11.3 Å². The Bertz CT molecular complexity index is 368. The van der Waals surface area contributed by atoms with Crippen LogP contribution in [0.4, 0.5) is 0 Å². The van der Waals surface area contributed by atoms with E-state index in [2.05, 4.69) is 4.98 Å². The fraction of sp³-hybridized carbons (Fsp3) is 0.600. The summed E-state index contributed by atoms with van der Waals surface area (Å²) >= 11 is 1.56. The highest BCUT2D eigenvalue weighted by molar-refractivity contribution is 7.11. The molecule has 4 nitrogen and oxygen atoms in total. The molecular formula is C10H13NO3S. The van der Waals surface area contributed by atoms with Gasteiger partial charge < -0.3 is 9.84 Å². The van der Waals surface area contributed by atoms with E-state index in [1.165, 1.54) is 0 Å². The second kappa shape index (κ2) is 3.90. The first kappa shape index (κ1) is 10.6. The zero-order chi connectivity index (χ0) is 10.9. The van der Waals surface area contributed by atoms with Crippen molar-refractivity contribution < 1.29 is 14.6 Å². The molecule has 1 unspecified atom stereocenters. The predicted molar refractivity (Wildman–Crippen MR) is 56.1 cm³/mol. The van der Waals surface area contributed by atoms with E-state index in [1.54, 1.807) is 17.5 Å². The molecule has 2 rings (SSSR count). The molecule has 0 amide bonds. The number of rotatable bonds is 3. The van der Waals surface area contributed by atoms with E-state index < -0.39 is 11.4 Å². The molecule has 1 atom stereocenters. The first-order valence-corrected chi connectivity index (χ1v) is 5.66. The highest BCUT2D eigenvalue weighted by atomic mass is 32.1. The number of nitrogens with zero attached hydrogens (tertiary/aromatic N) is 1. The first-order valence-electron chi connectivity index (χ1n) is 4.85. The van der Waals surface area contributed by atoms with Gasteiger partial charge in [-0.25, -0.2) is 4.98 Å². The molecule has 0 saturated carbocycles. The number of carbonyl (C=O) groups is 1. The number of aromatic nitrogens is 1. The summed E-state index contributed by atoms with van der Waals surface area (Å²) in [4.78, 5) is 16.4. The summed E-state index contributed by atoms with van der Waals surface area (Å²) in [5, 5.41) is 10.2. The molecule has 1 N–H and O–H groups in total. The molecule has 0 bridgehead atoms. The van der Waals surface area contributed by atoms with Crippen molar-refractivity contribution in [1.29, 1.82) is 0 Å².